The van der Waals surface area contributed by atoms with E-state index in [4.69, 9.17) is 4.74 Å². The number of rotatable bonds is 2. The summed E-state index contributed by atoms with van der Waals surface area (Å²) < 4.78 is 5.67. The lowest BCUT2D eigenvalue weighted by molar-refractivity contribution is -0.00523. The molecular formula is C11H16N2O2S. The van der Waals surface area contributed by atoms with E-state index in [2.05, 4.69) is 23.7 Å². The summed E-state index contributed by atoms with van der Waals surface area (Å²) in [6.45, 7) is 7.68. The molecule has 1 aliphatic rings. The molecule has 0 N–H and O–H groups in total. The molecule has 0 amide bonds. The van der Waals surface area contributed by atoms with Gasteiger partial charge in [-0.2, -0.15) is 0 Å². The lowest BCUT2D eigenvalue weighted by Gasteiger charge is -2.35. The van der Waals surface area contributed by atoms with Gasteiger partial charge in [0.25, 0.3) is 0 Å². The van der Waals surface area contributed by atoms with Crippen molar-refractivity contribution in [2.75, 3.05) is 18.0 Å². The Labute approximate surface area is 99.2 Å². The first-order valence-corrected chi connectivity index (χ1v) is 6.24. The summed E-state index contributed by atoms with van der Waals surface area (Å²) in [5, 5.41) is 0.932. The predicted octanol–water partition coefficient (Wildman–Crippen LogP) is 1.88. The largest absolute Gasteiger partial charge is 0.372 e. The van der Waals surface area contributed by atoms with E-state index < -0.39 is 0 Å². The molecule has 0 aromatic carbocycles. The van der Waals surface area contributed by atoms with Crippen LogP contribution in [0.5, 0.6) is 0 Å². The summed E-state index contributed by atoms with van der Waals surface area (Å²) >= 11 is 1.46. The van der Waals surface area contributed by atoms with Gasteiger partial charge in [0.1, 0.15) is 0 Å². The molecule has 1 fully saturated rings. The molecule has 1 aromatic heterocycles. The second kappa shape index (κ2) is 4.51. The highest BCUT2D eigenvalue weighted by atomic mass is 32.1. The zero-order chi connectivity index (χ0) is 11.7. The zero-order valence-corrected chi connectivity index (χ0v) is 10.6. The number of carbonyl (C=O) groups excluding carboxylic acids is 1. The molecule has 88 valence electrons. The van der Waals surface area contributed by atoms with Crippen molar-refractivity contribution in [2.24, 2.45) is 0 Å². The summed E-state index contributed by atoms with van der Waals surface area (Å²) in [6.07, 6.45) is 1.31. The number of nitrogens with zero attached hydrogens (tertiary/aromatic N) is 2. The van der Waals surface area contributed by atoms with Crippen molar-refractivity contribution in [1.82, 2.24) is 4.98 Å². The van der Waals surface area contributed by atoms with Gasteiger partial charge in [-0.15, -0.1) is 0 Å². The topological polar surface area (TPSA) is 42.4 Å². The van der Waals surface area contributed by atoms with Crippen LogP contribution in [-0.2, 0) is 4.74 Å². The Kier molecular flexibility index (Phi) is 3.25. The van der Waals surface area contributed by atoms with Crippen molar-refractivity contribution in [1.29, 1.82) is 0 Å². The minimum absolute atomic E-state index is 0.215. The van der Waals surface area contributed by atoms with Crippen LogP contribution in [0.1, 0.15) is 29.2 Å². The van der Waals surface area contributed by atoms with Gasteiger partial charge in [-0.05, 0) is 20.8 Å². The third kappa shape index (κ3) is 2.25. The maximum absolute atomic E-state index is 10.8. The van der Waals surface area contributed by atoms with Crippen LogP contribution in [0.3, 0.4) is 0 Å². The predicted molar refractivity (Wildman–Crippen MR) is 64.5 cm³/mol. The van der Waals surface area contributed by atoms with Crippen LogP contribution in [0, 0.1) is 6.92 Å². The number of anilines is 1. The van der Waals surface area contributed by atoms with Crippen LogP contribution in [0.4, 0.5) is 5.13 Å². The van der Waals surface area contributed by atoms with E-state index in [1.807, 2.05) is 6.92 Å². The van der Waals surface area contributed by atoms with Gasteiger partial charge in [-0.25, -0.2) is 4.98 Å². The summed E-state index contributed by atoms with van der Waals surface area (Å²) in [7, 11) is 0. The maximum Gasteiger partial charge on any atom is 0.186 e. The first-order valence-electron chi connectivity index (χ1n) is 5.43. The summed E-state index contributed by atoms with van der Waals surface area (Å²) in [6, 6.07) is 0. The third-order valence-corrected chi connectivity index (χ3v) is 3.76. The summed E-state index contributed by atoms with van der Waals surface area (Å²) in [5.74, 6) is 0. The van der Waals surface area contributed by atoms with Crippen LogP contribution >= 0.6 is 11.3 Å². The van der Waals surface area contributed by atoms with Gasteiger partial charge >= 0.3 is 0 Å². The highest BCUT2D eigenvalue weighted by Gasteiger charge is 2.24. The minimum Gasteiger partial charge on any atom is -0.372 e. The average molecular weight is 240 g/mol. The van der Waals surface area contributed by atoms with E-state index in [-0.39, 0.29) is 12.2 Å². The van der Waals surface area contributed by atoms with Crippen molar-refractivity contribution in [3.63, 3.8) is 0 Å². The molecule has 5 heteroatoms. The molecule has 2 heterocycles. The fraction of sp³-hybridized carbons (Fsp3) is 0.636. The van der Waals surface area contributed by atoms with Gasteiger partial charge in [0.05, 0.1) is 22.8 Å². The van der Waals surface area contributed by atoms with Crippen LogP contribution < -0.4 is 4.90 Å². The molecular weight excluding hydrogens is 224 g/mol. The quantitative estimate of drug-likeness (QED) is 0.740. The van der Waals surface area contributed by atoms with Crippen molar-refractivity contribution >= 4 is 22.8 Å². The molecule has 0 saturated carbocycles. The van der Waals surface area contributed by atoms with E-state index in [1.54, 1.807) is 0 Å². The number of thiazole rings is 1. The fourth-order valence-electron chi connectivity index (χ4n) is 1.97. The molecule has 1 saturated heterocycles. The second-order valence-corrected chi connectivity index (χ2v) is 5.24. The lowest BCUT2D eigenvalue weighted by atomic mass is 10.2. The van der Waals surface area contributed by atoms with Crippen molar-refractivity contribution in [3.05, 3.63) is 10.6 Å². The molecule has 4 nitrogen and oxygen atoms in total. The third-order valence-electron chi connectivity index (χ3n) is 2.62. The Morgan fingerprint density at radius 1 is 1.44 bits per heavy atom. The van der Waals surface area contributed by atoms with Crippen LogP contribution in [0.2, 0.25) is 0 Å². The van der Waals surface area contributed by atoms with Crippen molar-refractivity contribution < 1.29 is 9.53 Å². The summed E-state index contributed by atoms with van der Waals surface area (Å²) in [4.78, 5) is 18.1. The van der Waals surface area contributed by atoms with Gasteiger partial charge < -0.3 is 9.64 Å². The molecule has 0 unspecified atom stereocenters. The first kappa shape index (κ1) is 11.5. The fourth-order valence-corrected chi connectivity index (χ4v) is 2.87. The Morgan fingerprint density at radius 3 is 2.56 bits per heavy atom. The number of hydrogen-bond donors (Lipinski definition) is 0. The van der Waals surface area contributed by atoms with E-state index in [0.29, 0.717) is 0 Å². The van der Waals surface area contributed by atoms with E-state index in [1.165, 1.54) is 11.3 Å². The zero-order valence-electron chi connectivity index (χ0n) is 9.77. The summed E-state index contributed by atoms with van der Waals surface area (Å²) in [5.41, 5.74) is 0.821. The Bertz CT molecular complexity index is 381. The normalized spacial score (nSPS) is 25.8. The number of aldehydes is 1. The standard InChI is InChI=1S/C11H16N2O2S/c1-7-4-13(5-8(2)15-7)11-12-9(3)10(6-14)16-11/h6-8H,4-5H2,1-3H3/t7-,8+. The molecule has 2 rings (SSSR count). The Hall–Kier alpha value is -0.940. The van der Waals surface area contributed by atoms with Crippen molar-refractivity contribution in [2.45, 2.75) is 33.0 Å². The number of ether oxygens (including phenoxy) is 1. The van der Waals surface area contributed by atoms with Gasteiger partial charge in [0, 0.05) is 13.1 Å². The molecule has 0 radical (unpaired) electrons. The molecule has 0 bridgehead atoms. The van der Waals surface area contributed by atoms with Crippen LogP contribution in [0.25, 0.3) is 0 Å². The van der Waals surface area contributed by atoms with E-state index >= 15 is 0 Å². The Morgan fingerprint density at radius 2 is 2.06 bits per heavy atom. The van der Waals surface area contributed by atoms with Crippen LogP contribution in [-0.4, -0.2) is 36.6 Å². The first-order chi connectivity index (χ1) is 7.60. The Balaban J connectivity index is 2.19. The van der Waals surface area contributed by atoms with Crippen LogP contribution in [0.15, 0.2) is 0 Å². The average Bonchev–Trinajstić information content (AvgIpc) is 2.58. The lowest BCUT2D eigenvalue weighted by Crippen LogP contribution is -2.45. The highest BCUT2D eigenvalue weighted by Crippen LogP contribution is 2.27. The number of carbonyl (C=O) groups is 1. The molecule has 2 atom stereocenters. The van der Waals surface area contributed by atoms with E-state index in [9.17, 15) is 4.79 Å². The monoisotopic (exact) mass is 240 g/mol. The smallest absolute Gasteiger partial charge is 0.186 e. The van der Waals surface area contributed by atoms with Crippen molar-refractivity contribution in [3.8, 4) is 0 Å². The second-order valence-electron chi connectivity index (χ2n) is 4.23. The number of aryl methyl sites for hydroxylation is 1. The molecule has 1 aromatic rings. The van der Waals surface area contributed by atoms with Gasteiger partial charge in [-0.3, -0.25) is 4.79 Å². The molecule has 0 spiro atoms. The molecule has 0 aliphatic carbocycles. The number of hydrogen-bond acceptors (Lipinski definition) is 5. The minimum atomic E-state index is 0.215. The highest BCUT2D eigenvalue weighted by molar-refractivity contribution is 7.17. The van der Waals surface area contributed by atoms with E-state index in [0.717, 1.165) is 35.1 Å². The van der Waals surface area contributed by atoms with Gasteiger partial charge in [-0.1, -0.05) is 11.3 Å². The SMILES string of the molecule is Cc1nc(N2C[C@@H](C)O[C@@H](C)C2)sc1C=O. The molecule has 1 aliphatic heterocycles. The van der Waals surface area contributed by atoms with Gasteiger partial charge in [0.2, 0.25) is 0 Å². The van der Waals surface area contributed by atoms with Gasteiger partial charge in [0.15, 0.2) is 11.4 Å². The molecule has 16 heavy (non-hydrogen) atoms. The number of aromatic nitrogens is 1. The number of morpholine rings is 1. The maximum atomic E-state index is 10.8.